The van der Waals surface area contributed by atoms with Gasteiger partial charge in [-0.3, -0.25) is 4.79 Å². The molecule has 1 aliphatic rings. The molecule has 2 aromatic rings. The monoisotopic (exact) mass is 415 g/mol. The van der Waals surface area contributed by atoms with E-state index in [1.165, 1.54) is 0 Å². The number of hydrogen-bond donors (Lipinski definition) is 2. The van der Waals surface area contributed by atoms with E-state index in [1.807, 2.05) is 24.3 Å². The molecule has 7 heteroatoms. The van der Waals surface area contributed by atoms with Crippen molar-refractivity contribution in [3.8, 4) is 0 Å². The highest BCUT2D eigenvalue weighted by Gasteiger charge is 2.26. The Morgan fingerprint density at radius 3 is 2.31 bits per heavy atom. The molecule has 3 rings (SSSR count). The minimum atomic E-state index is -3.51. The van der Waals surface area contributed by atoms with Gasteiger partial charge in [0.05, 0.1) is 10.5 Å². The molecule has 0 spiro atoms. The number of rotatable bonds is 7. The molecule has 0 atom stereocenters. The SMILES string of the molecule is CC(C)CNC(=O)c1ccccc1N1CCC(NS(=O)(=O)c2ccccc2)CC1. The minimum Gasteiger partial charge on any atom is -0.371 e. The molecule has 1 fully saturated rings. The van der Waals surface area contributed by atoms with Gasteiger partial charge in [-0.1, -0.05) is 44.2 Å². The lowest BCUT2D eigenvalue weighted by molar-refractivity contribution is 0.0949. The summed E-state index contributed by atoms with van der Waals surface area (Å²) in [6.07, 6.45) is 1.38. The van der Waals surface area contributed by atoms with Crippen LogP contribution in [0.5, 0.6) is 0 Å². The van der Waals surface area contributed by atoms with Gasteiger partial charge in [-0.05, 0) is 43.0 Å². The van der Waals surface area contributed by atoms with Crippen molar-refractivity contribution in [2.75, 3.05) is 24.5 Å². The Kier molecular flexibility index (Phi) is 6.92. The molecule has 0 aliphatic carbocycles. The molecule has 156 valence electrons. The van der Waals surface area contributed by atoms with Gasteiger partial charge in [0.15, 0.2) is 0 Å². The zero-order chi connectivity index (χ0) is 20.9. The fourth-order valence-electron chi connectivity index (χ4n) is 3.46. The molecule has 0 saturated carbocycles. The van der Waals surface area contributed by atoms with E-state index in [4.69, 9.17) is 0 Å². The third-order valence-corrected chi connectivity index (χ3v) is 6.57. The van der Waals surface area contributed by atoms with Crippen LogP contribution in [0.4, 0.5) is 5.69 Å². The minimum absolute atomic E-state index is 0.0683. The van der Waals surface area contributed by atoms with Crippen LogP contribution >= 0.6 is 0 Å². The lowest BCUT2D eigenvalue weighted by Gasteiger charge is -2.34. The summed E-state index contributed by atoms with van der Waals surface area (Å²) in [5.41, 5.74) is 1.56. The molecular formula is C22H29N3O3S. The second kappa shape index (κ2) is 9.41. The first kappa shape index (κ1) is 21.3. The van der Waals surface area contributed by atoms with Gasteiger partial charge in [0.1, 0.15) is 0 Å². The first-order valence-corrected chi connectivity index (χ1v) is 11.5. The van der Waals surface area contributed by atoms with Gasteiger partial charge in [0, 0.05) is 31.4 Å². The second-order valence-corrected chi connectivity index (χ2v) is 9.53. The third-order valence-electron chi connectivity index (χ3n) is 5.03. The number of hydrogen-bond acceptors (Lipinski definition) is 4. The van der Waals surface area contributed by atoms with E-state index in [0.717, 1.165) is 5.69 Å². The van der Waals surface area contributed by atoms with E-state index in [-0.39, 0.29) is 16.8 Å². The van der Waals surface area contributed by atoms with Gasteiger partial charge in [-0.25, -0.2) is 13.1 Å². The van der Waals surface area contributed by atoms with Crippen molar-refractivity contribution in [2.24, 2.45) is 5.92 Å². The lowest BCUT2D eigenvalue weighted by atomic mass is 10.0. The predicted octanol–water partition coefficient (Wildman–Crippen LogP) is 3.02. The summed E-state index contributed by atoms with van der Waals surface area (Å²) in [6.45, 7) is 6.14. The molecule has 6 nitrogen and oxygen atoms in total. The summed E-state index contributed by atoms with van der Waals surface area (Å²) >= 11 is 0. The van der Waals surface area contributed by atoms with Crippen molar-refractivity contribution in [3.05, 3.63) is 60.2 Å². The molecule has 0 unspecified atom stereocenters. The van der Waals surface area contributed by atoms with Crippen LogP contribution in [-0.2, 0) is 10.0 Å². The Balaban J connectivity index is 1.63. The highest BCUT2D eigenvalue weighted by atomic mass is 32.2. The maximum atomic E-state index is 12.6. The van der Waals surface area contributed by atoms with Crippen LogP contribution in [-0.4, -0.2) is 40.0 Å². The number of amides is 1. The van der Waals surface area contributed by atoms with Crippen molar-refractivity contribution in [1.82, 2.24) is 10.0 Å². The van der Waals surface area contributed by atoms with Gasteiger partial charge >= 0.3 is 0 Å². The van der Waals surface area contributed by atoms with Crippen LogP contribution in [0.1, 0.15) is 37.0 Å². The first-order chi connectivity index (χ1) is 13.9. The van der Waals surface area contributed by atoms with Crippen LogP contribution < -0.4 is 14.9 Å². The van der Waals surface area contributed by atoms with E-state index in [9.17, 15) is 13.2 Å². The van der Waals surface area contributed by atoms with Crippen molar-refractivity contribution in [1.29, 1.82) is 0 Å². The summed E-state index contributed by atoms with van der Waals surface area (Å²) in [7, 11) is -3.51. The number of nitrogens with zero attached hydrogens (tertiary/aromatic N) is 1. The molecule has 1 heterocycles. The molecule has 1 amide bonds. The van der Waals surface area contributed by atoms with Gasteiger partial charge in [-0.15, -0.1) is 0 Å². The average Bonchev–Trinajstić information content (AvgIpc) is 2.73. The Bertz CT molecular complexity index is 921. The van der Waals surface area contributed by atoms with Crippen molar-refractivity contribution < 1.29 is 13.2 Å². The van der Waals surface area contributed by atoms with E-state index in [1.54, 1.807) is 30.3 Å². The quantitative estimate of drug-likeness (QED) is 0.729. The number of para-hydroxylation sites is 1. The van der Waals surface area contributed by atoms with Gasteiger partial charge in [0.25, 0.3) is 5.91 Å². The molecule has 1 aliphatic heterocycles. The number of carbonyl (C=O) groups is 1. The normalized spacial score (nSPS) is 15.5. The zero-order valence-corrected chi connectivity index (χ0v) is 17.8. The molecule has 2 aromatic carbocycles. The predicted molar refractivity (Wildman–Crippen MR) is 116 cm³/mol. The Morgan fingerprint density at radius 1 is 1.03 bits per heavy atom. The smallest absolute Gasteiger partial charge is 0.253 e. The number of piperidine rings is 1. The van der Waals surface area contributed by atoms with Crippen LogP contribution in [0.25, 0.3) is 0 Å². The van der Waals surface area contributed by atoms with Gasteiger partial charge in [0.2, 0.25) is 10.0 Å². The summed E-state index contributed by atoms with van der Waals surface area (Å²) < 4.78 is 27.9. The van der Waals surface area contributed by atoms with Crippen LogP contribution in [0.2, 0.25) is 0 Å². The molecular weight excluding hydrogens is 386 g/mol. The fraction of sp³-hybridized carbons (Fsp3) is 0.409. The zero-order valence-electron chi connectivity index (χ0n) is 17.0. The number of anilines is 1. The topological polar surface area (TPSA) is 78.5 Å². The maximum Gasteiger partial charge on any atom is 0.253 e. The summed E-state index contributed by atoms with van der Waals surface area (Å²) in [5, 5.41) is 2.98. The van der Waals surface area contributed by atoms with E-state index >= 15 is 0 Å². The first-order valence-electron chi connectivity index (χ1n) is 10.1. The van der Waals surface area contributed by atoms with Crippen LogP contribution in [0, 0.1) is 5.92 Å². The lowest BCUT2D eigenvalue weighted by Crippen LogP contribution is -2.45. The van der Waals surface area contributed by atoms with Crippen LogP contribution in [0.3, 0.4) is 0 Å². The number of carbonyl (C=O) groups excluding carboxylic acids is 1. The molecule has 0 aromatic heterocycles. The summed E-state index contributed by atoms with van der Waals surface area (Å²) in [6, 6.07) is 15.9. The Labute approximate surface area is 173 Å². The van der Waals surface area contributed by atoms with E-state index in [0.29, 0.717) is 44.0 Å². The van der Waals surface area contributed by atoms with E-state index in [2.05, 4.69) is 28.8 Å². The van der Waals surface area contributed by atoms with Crippen molar-refractivity contribution >= 4 is 21.6 Å². The summed E-state index contributed by atoms with van der Waals surface area (Å²) in [4.78, 5) is 15.0. The summed E-state index contributed by atoms with van der Waals surface area (Å²) in [5.74, 6) is 0.320. The van der Waals surface area contributed by atoms with Gasteiger partial charge in [-0.2, -0.15) is 0 Å². The van der Waals surface area contributed by atoms with Crippen LogP contribution in [0.15, 0.2) is 59.5 Å². The molecule has 1 saturated heterocycles. The van der Waals surface area contributed by atoms with Gasteiger partial charge < -0.3 is 10.2 Å². The average molecular weight is 416 g/mol. The highest BCUT2D eigenvalue weighted by molar-refractivity contribution is 7.89. The number of sulfonamides is 1. The highest BCUT2D eigenvalue weighted by Crippen LogP contribution is 2.25. The molecule has 29 heavy (non-hydrogen) atoms. The second-order valence-electron chi connectivity index (χ2n) is 7.82. The molecule has 2 N–H and O–H groups in total. The number of benzene rings is 2. The third kappa shape index (κ3) is 5.58. The number of nitrogens with one attached hydrogen (secondary N) is 2. The van der Waals surface area contributed by atoms with Crippen molar-refractivity contribution in [3.63, 3.8) is 0 Å². The molecule has 0 radical (unpaired) electrons. The largest absolute Gasteiger partial charge is 0.371 e. The Hall–Kier alpha value is -2.38. The fourth-order valence-corrected chi connectivity index (χ4v) is 4.78. The Morgan fingerprint density at radius 2 is 1.66 bits per heavy atom. The van der Waals surface area contributed by atoms with Crippen molar-refractivity contribution in [2.45, 2.75) is 37.6 Å². The standard InChI is InChI=1S/C22H29N3O3S/c1-17(2)16-23-22(26)20-10-6-7-11-21(20)25-14-12-18(13-15-25)24-29(27,28)19-8-4-3-5-9-19/h3-11,17-18,24H,12-16H2,1-2H3,(H,23,26). The molecule has 0 bridgehead atoms. The maximum absolute atomic E-state index is 12.6. The van der Waals surface area contributed by atoms with E-state index < -0.39 is 10.0 Å².